The van der Waals surface area contributed by atoms with Crippen molar-refractivity contribution in [1.82, 2.24) is 10.2 Å². The van der Waals surface area contributed by atoms with Crippen molar-refractivity contribution in [2.24, 2.45) is 5.73 Å². The molecule has 1 aromatic heterocycles. The molecule has 0 spiro atoms. The van der Waals surface area contributed by atoms with Crippen LogP contribution in [0, 0.1) is 21.7 Å². The van der Waals surface area contributed by atoms with Gasteiger partial charge in [0.05, 0.1) is 17.0 Å². The van der Waals surface area contributed by atoms with Gasteiger partial charge < -0.3 is 10.2 Å². The van der Waals surface area contributed by atoms with Gasteiger partial charge in [0.15, 0.2) is 11.6 Å². The second-order valence-electron chi connectivity index (χ2n) is 4.00. The van der Waals surface area contributed by atoms with Gasteiger partial charge in [0.2, 0.25) is 5.89 Å². The molecule has 0 aliphatic heterocycles. The maximum Gasteiger partial charge on any atom is 0.285 e. The number of rotatable bonds is 4. The van der Waals surface area contributed by atoms with E-state index in [0.717, 1.165) is 0 Å². The molecular formula is C11H10F2N4O3. The van der Waals surface area contributed by atoms with Crippen LogP contribution in [-0.4, -0.2) is 15.1 Å². The van der Waals surface area contributed by atoms with Gasteiger partial charge in [-0.1, -0.05) is 6.92 Å². The van der Waals surface area contributed by atoms with E-state index in [-0.39, 0.29) is 17.3 Å². The lowest BCUT2D eigenvalue weighted by Crippen LogP contribution is -2.08. The summed E-state index contributed by atoms with van der Waals surface area (Å²) in [5.74, 6) is -2.79. The number of nitro benzene ring substituents is 1. The van der Waals surface area contributed by atoms with Gasteiger partial charge in [0.25, 0.3) is 11.6 Å². The van der Waals surface area contributed by atoms with Crippen LogP contribution >= 0.6 is 0 Å². The zero-order chi connectivity index (χ0) is 14.9. The van der Waals surface area contributed by atoms with Crippen LogP contribution in [0.25, 0.3) is 11.5 Å². The molecule has 20 heavy (non-hydrogen) atoms. The van der Waals surface area contributed by atoms with E-state index in [2.05, 4.69) is 10.2 Å². The minimum absolute atomic E-state index is 0.0709. The molecule has 0 bridgehead atoms. The first-order valence-corrected chi connectivity index (χ1v) is 5.66. The molecule has 2 N–H and O–H groups in total. The highest BCUT2D eigenvalue weighted by atomic mass is 19.2. The van der Waals surface area contributed by atoms with E-state index in [4.69, 9.17) is 10.2 Å². The molecule has 1 heterocycles. The number of benzene rings is 1. The largest absolute Gasteiger partial charge is 0.419 e. The molecule has 0 aliphatic rings. The summed E-state index contributed by atoms with van der Waals surface area (Å²) in [5, 5.41) is 18.1. The van der Waals surface area contributed by atoms with Crippen molar-refractivity contribution in [2.75, 3.05) is 0 Å². The molecular weight excluding hydrogens is 274 g/mol. The lowest BCUT2D eigenvalue weighted by Gasteiger charge is -2.01. The molecule has 0 fully saturated rings. The molecule has 1 unspecified atom stereocenters. The zero-order valence-electron chi connectivity index (χ0n) is 10.3. The predicted octanol–water partition coefficient (Wildman–Crippen LogP) is 2.33. The van der Waals surface area contributed by atoms with Crippen molar-refractivity contribution in [1.29, 1.82) is 0 Å². The number of nitro groups is 1. The number of aromatic nitrogens is 2. The average molecular weight is 284 g/mol. The molecule has 2 aromatic rings. The van der Waals surface area contributed by atoms with Gasteiger partial charge in [-0.25, -0.2) is 8.78 Å². The third-order valence-corrected chi connectivity index (χ3v) is 2.66. The van der Waals surface area contributed by atoms with Crippen LogP contribution in [0.3, 0.4) is 0 Å². The van der Waals surface area contributed by atoms with Crippen LogP contribution in [-0.2, 0) is 0 Å². The second kappa shape index (κ2) is 5.29. The number of nitrogens with two attached hydrogens (primary N) is 1. The Morgan fingerprint density at radius 2 is 2.05 bits per heavy atom. The van der Waals surface area contributed by atoms with E-state index in [1.54, 1.807) is 6.92 Å². The van der Waals surface area contributed by atoms with E-state index < -0.39 is 28.3 Å². The van der Waals surface area contributed by atoms with Crippen LogP contribution in [0.1, 0.15) is 25.3 Å². The van der Waals surface area contributed by atoms with E-state index in [9.17, 15) is 18.9 Å². The maximum absolute atomic E-state index is 13.2. The van der Waals surface area contributed by atoms with Gasteiger partial charge in [-0.15, -0.1) is 10.2 Å². The molecule has 2 rings (SSSR count). The maximum atomic E-state index is 13.2. The van der Waals surface area contributed by atoms with E-state index in [1.807, 2.05) is 0 Å². The Bertz CT molecular complexity index is 659. The Kier molecular flexibility index (Phi) is 3.70. The number of hydrogen-bond acceptors (Lipinski definition) is 6. The lowest BCUT2D eigenvalue weighted by molar-refractivity contribution is -0.384. The van der Waals surface area contributed by atoms with Gasteiger partial charge >= 0.3 is 0 Å². The Hall–Kier alpha value is -2.42. The van der Waals surface area contributed by atoms with Crippen molar-refractivity contribution >= 4 is 5.69 Å². The summed E-state index contributed by atoms with van der Waals surface area (Å²) in [7, 11) is 0. The van der Waals surface area contributed by atoms with Crippen molar-refractivity contribution in [3.05, 3.63) is 39.8 Å². The van der Waals surface area contributed by atoms with E-state index in [1.165, 1.54) is 0 Å². The first-order chi connectivity index (χ1) is 9.43. The normalized spacial score (nSPS) is 12.4. The number of hydrogen-bond donors (Lipinski definition) is 1. The minimum Gasteiger partial charge on any atom is -0.419 e. The van der Waals surface area contributed by atoms with Crippen LogP contribution in [0.15, 0.2) is 16.5 Å². The fourth-order valence-corrected chi connectivity index (χ4v) is 1.53. The van der Waals surface area contributed by atoms with E-state index >= 15 is 0 Å². The Morgan fingerprint density at radius 1 is 1.40 bits per heavy atom. The van der Waals surface area contributed by atoms with Crippen molar-refractivity contribution < 1.29 is 18.1 Å². The van der Waals surface area contributed by atoms with Gasteiger partial charge in [0, 0.05) is 0 Å². The molecule has 0 amide bonds. The first kappa shape index (κ1) is 14.0. The quantitative estimate of drug-likeness (QED) is 0.681. The van der Waals surface area contributed by atoms with Crippen molar-refractivity contribution in [2.45, 2.75) is 19.4 Å². The average Bonchev–Trinajstić information content (AvgIpc) is 2.89. The van der Waals surface area contributed by atoms with Crippen LogP contribution < -0.4 is 5.73 Å². The van der Waals surface area contributed by atoms with Crippen LogP contribution in [0.4, 0.5) is 14.5 Å². The summed E-state index contributed by atoms with van der Waals surface area (Å²) < 4.78 is 31.5. The van der Waals surface area contributed by atoms with Gasteiger partial charge in [-0.05, 0) is 12.5 Å². The standard InChI is InChI=1S/C11H10F2N4O3/c1-2-8(14)11-16-15-10(20-11)5-3-6(12)7(13)4-9(5)17(18)19/h3-4,8H,2,14H2,1H3. The van der Waals surface area contributed by atoms with Gasteiger partial charge in [0.1, 0.15) is 5.56 Å². The minimum atomic E-state index is -1.33. The molecule has 0 saturated heterocycles. The Labute approximate surface area is 111 Å². The molecule has 1 atom stereocenters. The fraction of sp³-hybridized carbons (Fsp3) is 0.273. The summed E-state index contributed by atoms with van der Waals surface area (Å²) in [6.45, 7) is 1.79. The lowest BCUT2D eigenvalue weighted by atomic mass is 10.1. The van der Waals surface area contributed by atoms with Gasteiger partial charge in [-0.2, -0.15) is 0 Å². The topological polar surface area (TPSA) is 108 Å². The van der Waals surface area contributed by atoms with Crippen molar-refractivity contribution in [3.63, 3.8) is 0 Å². The molecule has 9 heteroatoms. The zero-order valence-corrected chi connectivity index (χ0v) is 10.3. The summed E-state index contributed by atoms with van der Waals surface area (Å²) in [5.41, 5.74) is 4.72. The molecule has 0 radical (unpaired) electrons. The van der Waals surface area contributed by atoms with Crippen molar-refractivity contribution in [3.8, 4) is 11.5 Å². The molecule has 106 valence electrons. The van der Waals surface area contributed by atoms with Crippen LogP contribution in [0.2, 0.25) is 0 Å². The van der Waals surface area contributed by atoms with Crippen LogP contribution in [0.5, 0.6) is 0 Å². The van der Waals surface area contributed by atoms with E-state index in [0.29, 0.717) is 18.6 Å². The molecule has 0 saturated carbocycles. The Morgan fingerprint density at radius 3 is 2.65 bits per heavy atom. The molecule has 0 aliphatic carbocycles. The Balaban J connectivity index is 2.54. The predicted molar refractivity (Wildman–Crippen MR) is 63.5 cm³/mol. The smallest absolute Gasteiger partial charge is 0.285 e. The number of nitrogens with zero attached hydrogens (tertiary/aromatic N) is 3. The highest BCUT2D eigenvalue weighted by Gasteiger charge is 2.24. The number of halogens is 2. The third-order valence-electron chi connectivity index (χ3n) is 2.66. The highest BCUT2D eigenvalue weighted by molar-refractivity contribution is 5.66. The fourth-order valence-electron chi connectivity index (χ4n) is 1.53. The summed E-state index contributed by atoms with van der Waals surface area (Å²) >= 11 is 0. The highest BCUT2D eigenvalue weighted by Crippen LogP contribution is 2.31. The molecule has 1 aromatic carbocycles. The summed E-state index contributed by atoms with van der Waals surface area (Å²) in [6.07, 6.45) is 0.515. The second-order valence-corrected chi connectivity index (χ2v) is 4.00. The van der Waals surface area contributed by atoms with Gasteiger partial charge in [-0.3, -0.25) is 10.1 Å². The summed E-state index contributed by atoms with van der Waals surface area (Å²) in [4.78, 5) is 10.00. The first-order valence-electron chi connectivity index (χ1n) is 5.66. The molecule has 7 nitrogen and oxygen atoms in total. The third kappa shape index (κ3) is 2.48. The monoisotopic (exact) mass is 284 g/mol. The SMILES string of the molecule is CCC(N)c1nnc(-c2cc(F)c(F)cc2[N+](=O)[O-])o1. The summed E-state index contributed by atoms with van der Waals surface area (Å²) in [6, 6.07) is 0.580.